The third-order valence-corrected chi connectivity index (χ3v) is 3.49. The van der Waals surface area contributed by atoms with Gasteiger partial charge in [0.15, 0.2) is 0 Å². The lowest BCUT2D eigenvalue weighted by Crippen LogP contribution is -2.43. The standard InChI is InChI=1S/C12H20N2O3/c1-9(13-7-3-5-11(13)15)17-10(2)14-8-4-6-12(14)16/h9-10H,3-8H2,1-2H3. The summed E-state index contributed by atoms with van der Waals surface area (Å²) in [6.45, 7) is 5.28. The van der Waals surface area contributed by atoms with Crippen molar-refractivity contribution in [3.05, 3.63) is 0 Å². The van der Waals surface area contributed by atoms with Crippen molar-refractivity contribution >= 4 is 11.8 Å². The molecule has 2 aliphatic rings. The van der Waals surface area contributed by atoms with Gasteiger partial charge in [-0.05, 0) is 26.7 Å². The van der Waals surface area contributed by atoms with Gasteiger partial charge < -0.3 is 14.5 Å². The summed E-state index contributed by atoms with van der Waals surface area (Å²) in [7, 11) is 0. The van der Waals surface area contributed by atoms with Crippen molar-refractivity contribution in [2.24, 2.45) is 0 Å². The minimum Gasteiger partial charge on any atom is -0.336 e. The van der Waals surface area contributed by atoms with Crippen molar-refractivity contribution in [3.63, 3.8) is 0 Å². The first kappa shape index (κ1) is 12.4. The Kier molecular flexibility index (Phi) is 3.66. The molecule has 96 valence electrons. The second-order valence-corrected chi connectivity index (χ2v) is 4.72. The first-order chi connectivity index (χ1) is 8.09. The molecule has 0 aromatic heterocycles. The summed E-state index contributed by atoms with van der Waals surface area (Å²) in [5.74, 6) is 0.301. The van der Waals surface area contributed by atoms with Crippen LogP contribution in [0.2, 0.25) is 0 Å². The van der Waals surface area contributed by atoms with Crippen LogP contribution in [0.5, 0.6) is 0 Å². The van der Waals surface area contributed by atoms with Crippen LogP contribution in [0.15, 0.2) is 0 Å². The van der Waals surface area contributed by atoms with Crippen LogP contribution in [-0.2, 0) is 14.3 Å². The summed E-state index contributed by atoms with van der Waals surface area (Å²) in [5, 5.41) is 0. The molecule has 0 aromatic rings. The number of carbonyl (C=O) groups is 2. The molecular formula is C12H20N2O3. The van der Waals surface area contributed by atoms with E-state index in [1.807, 2.05) is 13.8 Å². The Morgan fingerprint density at radius 3 is 1.65 bits per heavy atom. The minimum absolute atomic E-state index is 0.150. The maximum Gasteiger partial charge on any atom is 0.224 e. The summed E-state index contributed by atoms with van der Waals surface area (Å²) >= 11 is 0. The van der Waals surface area contributed by atoms with E-state index in [0.29, 0.717) is 12.8 Å². The molecule has 2 unspecified atom stereocenters. The highest BCUT2D eigenvalue weighted by molar-refractivity contribution is 5.78. The summed E-state index contributed by atoms with van der Waals surface area (Å²) in [5.41, 5.74) is 0. The number of ether oxygens (including phenoxy) is 1. The van der Waals surface area contributed by atoms with E-state index < -0.39 is 0 Å². The lowest BCUT2D eigenvalue weighted by molar-refractivity contribution is -0.163. The van der Waals surface area contributed by atoms with E-state index in [2.05, 4.69) is 0 Å². The van der Waals surface area contributed by atoms with Gasteiger partial charge in [-0.3, -0.25) is 9.59 Å². The van der Waals surface area contributed by atoms with E-state index in [0.717, 1.165) is 25.9 Å². The molecule has 0 radical (unpaired) electrons. The number of carbonyl (C=O) groups excluding carboxylic acids is 2. The largest absolute Gasteiger partial charge is 0.336 e. The van der Waals surface area contributed by atoms with E-state index in [9.17, 15) is 9.59 Å². The van der Waals surface area contributed by atoms with Crippen molar-refractivity contribution in [1.29, 1.82) is 0 Å². The van der Waals surface area contributed by atoms with Gasteiger partial charge in [0, 0.05) is 25.9 Å². The molecule has 0 spiro atoms. The van der Waals surface area contributed by atoms with Crippen molar-refractivity contribution < 1.29 is 14.3 Å². The molecule has 5 heteroatoms. The van der Waals surface area contributed by atoms with Crippen molar-refractivity contribution in [2.45, 2.75) is 52.0 Å². The smallest absolute Gasteiger partial charge is 0.224 e. The van der Waals surface area contributed by atoms with Crippen LogP contribution in [0.25, 0.3) is 0 Å². The third-order valence-electron chi connectivity index (χ3n) is 3.49. The van der Waals surface area contributed by atoms with Crippen LogP contribution in [0, 0.1) is 0 Å². The second-order valence-electron chi connectivity index (χ2n) is 4.72. The lowest BCUT2D eigenvalue weighted by Gasteiger charge is -2.31. The Morgan fingerprint density at radius 1 is 0.941 bits per heavy atom. The Balaban J connectivity index is 1.87. The average Bonchev–Trinajstić information content (AvgIpc) is 2.86. The SMILES string of the molecule is CC(OC(C)N1CCCC1=O)N1CCCC1=O. The monoisotopic (exact) mass is 240 g/mol. The van der Waals surface area contributed by atoms with Crippen molar-refractivity contribution in [1.82, 2.24) is 9.80 Å². The van der Waals surface area contributed by atoms with Gasteiger partial charge in [-0.1, -0.05) is 0 Å². The van der Waals surface area contributed by atoms with E-state index >= 15 is 0 Å². The Labute approximate surface area is 102 Å². The van der Waals surface area contributed by atoms with Crippen molar-refractivity contribution in [3.8, 4) is 0 Å². The zero-order valence-electron chi connectivity index (χ0n) is 10.5. The summed E-state index contributed by atoms with van der Waals surface area (Å²) < 4.78 is 5.77. The highest BCUT2D eigenvalue weighted by Gasteiger charge is 2.30. The van der Waals surface area contributed by atoms with Crippen LogP contribution in [-0.4, -0.2) is 47.2 Å². The van der Waals surface area contributed by atoms with Crippen LogP contribution >= 0.6 is 0 Å². The summed E-state index contributed by atoms with van der Waals surface area (Å²) in [6.07, 6.45) is 2.56. The van der Waals surface area contributed by atoms with Gasteiger partial charge in [-0.2, -0.15) is 0 Å². The molecule has 0 N–H and O–H groups in total. The maximum absolute atomic E-state index is 11.5. The van der Waals surface area contributed by atoms with Crippen LogP contribution in [0.3, 0.4) is 0 Å². The number of rotatable bonds is 4. The summed E-state index contributed by atoms with van der Waals surface area (Å²) in [4.78, 5) is 26.6. The van der Waals surface area contributed by atoms with Gasteiger partial charge in [0.25, 0.3) is 0 Å². The van der Waals surface area contributed by atoms with E-state index in [1.165, 1.54) is 0 Å². The second kappa shape index (κ2) is 5.04. The zero-order chi connectivity index (χ0) is 12.4. The summed E-state index contributed by atoms with van der Waals surface area (Å²) in [6, 6.07) is 0. The molecule has 17 heavy (non-hydrogen) atoms. The third kappa shape index (κ3) is 2.60. The van der Waals surface area contributed by atoms with Gasteiger partial charge in [-0.25, -0.2) is 0 Å². The molecule has 2 saturated heterocycles. The number of amides is 2. The molecule has 0 bridgehead atoms. The van der Waals surface area contributed by atoms with Gasteiger partial charge in [0.05, 0.1) is 0 Å². The molecule has 2 rings (SSSR count). The highest BCUT2D eigenvalue weighted by atomic mass is 16.5. The predicted octanol–water partition coefficient (Wildman–Crippen LogP) is 0.940. The first-order valence-corrected chi connectivity index (χ1v) is 6.34. The quantitative estimate of drug-likeness (QED) is 0.735. The maximum atomic E-state index is 11.5. The minimum atomic E-state index is -0.242. The molecule has 0 aliphatic carbocycles. The fraction of sp³-hybridized carbons (Fsp3) is 0.833. The van der Waals surface area contributed by atoms with Crippen molar-refractivity contribution in [2.75, 3.05) is 13.1 Å². The molecule has 5 nitrogen and oxygen atoms in total. The number of hydrogen-bond donors (Lipinski definition) is 0. The topological polar surface area (TPSA) is 49.9 Å². The predicted molar refractivity (Wildman–Crippen MR) is 61.9 cm³/mol. The lowest BCUT2D eigenvalue weighted by atomic mass is 10.4. The molecule has 2 aliphatic heterocycles. The van der Waals surface area contributed by atoms with Crippen LogP contribution < -0.4 is 0 Å². The zero-order valence-corrected chi connectivity index (χ0v) is 10.5. The van der Waals surface area contributed by atoms with E-state index in [1.54, 1.807) is 9.80 Å². The van der Waals surface area contributed by atoms with Gasteiger partial charge in [0.2, 0.25) is 11.8 Å². The fourth-order valence-electron chi connectivity index (χ4n) is 2.54. The average molecular weight is 240 g/mol. The fourth-order valence-corrected chi connectivity index (χ4v) is 2.54. The highest BCUT2D eigenvalue weighted by Crippen LogP contribution is 2.19. The normalized spacial score (nSPS) is 24.6. The number of likely N-dealkylation sites (tertiary alicyclic amines) is 2. The Bertz CT molecular complexity index is 289. The Morgan fingerprint density at radius 2 is 1.35 bits per heavy atom. The molecule has 0 saturated carbocycles. The molecule has 2 heterocycles. The van der Waals surface area contributed by atoms with E-state index in [-0.39, 0.29) is 24.3 Å². The van der Waals surface area contributed by atoms with Gasteiger partial charge in [0.1, 0.15) is 12.5 Å². The molecule has 2 fully saturated rings. The van der Waals surface area contributed by atoms with E-state index in [4.69, 9.17) is 4.74 Å². The number of nitrogens with zero attached hydrogens (tertiary/aromatic N) is 2. The van der Waals surface area contributed by atoms with Crippen LogP contribution in [0.1, 0.15) is 39.5 Å². The molecular weight excluding hydrogens is 220 g/mol. The number of hydrogen-bond acceptors (Lipinski definition) is 3. The molecule has 0 aromatic carbocycles. The van der Waals surface area contributed by atoms with Gasteiger partial charge in [-0.15, -0.1) is 0 Å². The van der Waals surface area contributed by atoms with Gasteiger partial charge >= 0.3 is 0 Å². The molecule has 2 amide bonds. The molecule has 2 atom stereocenters. The first-order valence-electron chi connectivity index (χ1n) is 6.34. The van der Waals surface area contributed by atoms with Crippen LogP contribution in [0.4, 0.5) is 0 Å². The Hall–Kier alpha value is -1.10.